The highest BCUT2D eigenvalue weighted by Gasteiger charge is 2.20. The van der Waals surface area contributed by atoms with Crippen LogP contribution in [0.15, 0.2) is 35.9 Å². The average molecular weight is 347 g/mol. The molecule has 0 saturated carbocycles. The van der Waals surface area contributed by atoms with Gasteiger partial charge in [-0.25, -0.2) is 4.98 Å². The Kier molecular flexibility index (Phi) is 6.20. The molecule has 1 aromatic heterocycles. The molecule has 1 aromatic rings. The smallest absolute Gasteiger partial charge is 0.247 e. The van der Waals surface area contributed by atoms with Gasteiger partial charge in [-0.2, -0.15) is 0 Å². The van der Waals surface area contributed by atoms with Gasteiger partial charge in [0.05, 0.1) is 18.0 Å². The van der Waals surface area contributed by atoms with Crippen molar-refractivity contribution < 1.29 is 9.53 Å². The number of aromatic nitrogens is 1. The number of carbonyl (C=O) groups is 1. The lowest BCUT2D eigenvalue weighted by atomic mass is 10.2. The quantitative estimate of drug-likeness (QED) is 0.454. The maximum Gasteiger partial charge on any atom is 0.247 e. The number of nitrogens with one attached hydrogen (secondary N) is 2. The van der Waals surface area contributed by atoms with Gasteiger partial charge in [0.25, 0.3) is 0 Å². The van der Waals surface area contributed by atoms with Crippen LogP contribution in [0.4, 0.5) is 5.82 Å². The molecule has 1 amide bonds. The summed E-state index contributed by atoms with van der Waals surface area (Å²) in [7, 11) is 1.82. The fourth-order valence-corrected chi connectivity index (χ4v) is 2.28. The minimum atomic E-state index is -0.520. The van der Waals surface area contributed by atoms with Crippen LogP contribution in [0.5, 0.6) is 0 Å². The molecular formula is C16H25N7O2. The van der Waals surface area contributed by atoms with E-state index in [1.807, 2.05) is 7.05 Å². The van der Waals surface area contributed by atoms with Crippen LogP contribution < -0.4 is 27.8 Å². The zero-order chi connectivity index (χ0) is 18.4. The molecule has 1 aliphatic heterocycles. The molecular weight excluding hydrogens is 322 g/mol. The minimum Gasteiger partial charge on any atom is -0.404 e. The maximum atomic E-state index is 12.4. The Morgan fingerprint density at radius 1 is 1.52 bits per heavy atom. The van der Waals surface area contributed by atoms with E-state index in [4.69, 9.17) is 21.9 Å². The van der Waals surface area contributed by atoms with Crippen LogP contribution in [0, 0.1) is 0 Å². The Hall–Kier alpha value is -2.78. The monoisotopic (exact) mass is 347 g/mol. The molecule has 1 atom stereocenters. The zero-order valence-electron chi connectivity index (χ0n) is 14.5. The SMILES string of the molecule is C[C@H](NC1=C(N)N(C)COC1)C(=O)Nc1cccc(/C(=C/N)CN)n1. The minimum absolute atomic E-state index is 0.246. The second kappa shape index (κ2) is 8.36. The predicted molar refractivity (Wildman–Crippen MR) is 96.5 cm³/mol. The van der Waals surface area contributed by atoms with Crippen LogP contribution in [0.1, 0.15) is 12.6 Å². The molecule has 136 valence electrons. The summed E-state index contributed by atoms with van der Waals surface area (Å²) < 4.78 is 5.38. The number of pyridine rings is 1. The largest absolute Gasteiger partial charge is 0.404 e. The number of rotatable bonds is 6. The summed E-state index contributed by atoms with van der Waals surface area (Å²) in [6.45, 7) is 2.76. The highest BCUT2D eigenvalue weighted by Crippen LogP contribution is 2.13. The molecule has 0 bridgehead atoms. The highest BCUT2D eigenvalue weighted by atomic mass is 16.5. The lowest BCUT2D eigenvalue weighted by molar-refractivity contribution is -0.117. The number of nitrogens with zero attached hydrogens (tertiary/aromatic N) is 2. The fraction of sp³-hybridized carbons (Fsp3) is 0.375. The lowest BCUT2D eigenvalue weighted by Crippen LogP contribution is -2.44. The van der Waals surface area contributed by atoms with Gasteiger partial charge in [-0.15, -0.1) is 0 Å². The molecule has 0 aliphatic carbocycles. The Morgan fingerprint density at radius 3 is 2.96 bits per heavy atom. The summed E-state index contributed by atoms with van der Waals surface area (Å²) in [6.07, 6.45) is 1.41. The molecule has 0 spiro atoms. The third-order valence-electron chi connectivity index (χ3n) is 3.79. The van der Waals surface area contributed by atoms with Crippen molar-refractivity contribution in [3.05, 3.63) is 41.6 Å². The van der Waals surface area contributed by atoms with Crippen molar-refractivity contribution in [1.29, 1.82) is 0 Å². The molecule has 9 heteroatoms. The van der Waals surface area contributed by atoms with Crippen LogP contribution in [0.2, 0.25) is 0 Å². The Labute approximate surface area is 146 Å². The lowest BCUT2D eigenvalue weighted by Gasteiger charge is -2.29. The van der Waals surface area contributed by atoms with E-state index >= 15 is 0 Å². The van der Waals surface area contributed by atoms with Crippen molar-refractivity contribution in [2.75, 3.05) is 32.2 Å². The molecule has 0 fully saturated rings. The first-order valence-electron chi connectivity index (χ1n) is 7.89. The Balaban J connectivity index is 2.04. The molecule has 25 heavy (non-hydrogen) atoms. The number of anilines is 1. The van der Waals surface area contributed by atoms with Crippen molar-refractivity contribution in [2.45, 2.75) is 13.0 Å². The predicted octanol–water partition coefficient (Wildman–Crippen LogP) is -0.696. The van der Waals surface area contributed by atoms with E-state index in [1.165, 1.54) is 6.20 Å². The third kappa shape index (κ3) is 4.61. The first-order chi connectivity index (χ1) is 12.0. The Bertz CT molecular complexity index is 687. The van der Waals surface area contributed by atoms with Crippen molar-refractivity contribution in [2.24, 2.45) is 17.2 Å². The summed E-state index contributed by atoms with van der Waals surface area (Å²) in [5.74, 6) is 0.735. The van der Waals surface area contributed by atoms with Gasteiger partial charge in [0.2, 0.25) is 5.91 Å². The van der Waals surface area contributed by atoms with Crippen LogP contribution in [0.25, 0.3) is 5.57 Å². The number of hydrogen-bond acceptors (Lipinski definition) is 8. The van der Waals surface area contributed by atoms with E-state index in [1.54, 1.807) is 30.0 Å². The summed E-state index contributed by atoms with van der Waals surface area (Å²) in [5, 5.41) is 5.84. The number of carbonyl (C=O) groups excluding carboxylic acids is 1. The molecule has 9 nitrogen and oxygen atoms in total. The standard InChI is InChI=1S/C16H25N7O2/c1-10(20-13-8-25-9-23(2)15(13)19)16(24)22-14-5-3-4-12(21-14)11(6-17)7-18/h3-6,10,20H,7-9,17-19H2,1-2H3,(H,21,22,24)/b11-6+/t10-/m0/s1. The first kappa shape index (κ1) is 18.6. The van der Waals surface area contributed by atoms with Crippen molar-refractivity contribution in [3.8, 4) is 0 Å². The van der Waals surface area contributed by atoms with Crippen LogP contribution in [-0.4, -0.2) is 48.8 Å². The zero-order valence-corrected chi connectivity index (χ0v) is 14.5. The van der Waals surface area contributed by atoms with Gasteiger partial charge in [0.1, 0.15) is 24.4 Å². The average Bonchev–Trinajstić information content (AvgIpc) is 2.60. The molecule has 0 radical (unpaired) electrons. The van der Waals surface area contributed by atoms with Gasteiger partial charge in [0, 0.05) is 25.4 Å². The molecule has 8 N–H and O–H groups in total. The highest BCUT2D eigenvalue weighted by molar-refractivity contribution is 5.94. The molecule has 0 aromatic carbocycles. The van der Waals surface area contributed by atoms with E-state index in [0.29, 0.717) is 41.9 Å². The van der Waals surface area contributed by atoms with Gasteiger partial charge >= 0.3 is 0 Å². The summed E-state index contributed by atoms with van der Waals surface area (Å²) in [4.78, 5) is 18.5. The van der Waals surface area contributed by atoms with Crippen molar-refractivity contribution >= 4 is 17.3 Å². The van der Waals surface area contributed by atoms with E-state index in [2.05, 4.69) is 15.6 Å². The molecule has 2 heterocycles. The Morgan fingerprint density at radius 2 is 2.28 bits per heavy atom. The van der Waals surface area contributed by atoms with Crippen LogP contribution in [-0.2, 0) is 9.53 Å². The van der Waals surface area contributed by atoms with Gasteiger partial charge in [-0.1, -0.05) is 6.07 Å². The summed E-state index contributed by atoms with van der Waals surface area (Å²) in [5.41, 5.74) is 19.1. The second-order valence-electron chi connectivity index (χ2n) is 5.70. The molecule has 0 unspecified atom stereocenters. The van der Waals surface area contributed by atoms with E-state index in [0.717, 1.165) is 0 Å². The van der Waals surface area contributed by atoms with Crippen LogP contribution >= 0.6 is 0 Å². The van der Waals surface area contributed by atoms with Crippen molar-refractivity contribution in [3.63, 3.8) is 0 Å². The first-order valence-corrected chi connectivity index (χ1v) is 7.89. The summed E-state index contributed by atoms with van der Waals surface area (Å²) >= 11 is 0. The van der Waals surface area contributed by atoms with E-state index in [-0.39, 0.29) is 12.5 Å². The third-order valence-corrected chi connectivity index (χ3v) is 3.79. The van der Waals surface area contributed by atoms with Gasteiger partial charge < -0.3 is 37.5 Å². The summed E-state index contributed by atoms with van der Waals surface area (Å²) in [6, 6.07) is 4.74. The topological polar surface area (TPSA) is 145 Å². The van der Waals surface area contributed by atoms with Gasteiger partial charge in [0.15, 0.2) is 0 Å². The number of amides is 1. The van der Waals surface area contributed by atoms with Gasteiger partial charge in [-0.3, -0.25) is 4.79 Å². The number of ether oxygens (including phenoxy) is 1. The molecule has 2 rings (SSSR count). The fourth-order valence-electron chi connectivity index (χ4n) is 2.28. The number of hydrogen-bond donors (Lipinski definition) is 5. The van der Waals surface area contributed by atoms with Crippen LogP contribution in [0.3, 0.4) is 0 Å². The van der Waals surface area contributed by atoms with Crippen molar-refractivity contribution in [1.82, 2.24) is 15.2 Å². The molecule has 1 aliphatic rings. The second-order valence-corrected chi connectivity index (χ2v) is 5.70. The number of nitrogens with two attached hydrogens (primary N) is 3. The maximum absolute atomic E-state index is 12.4. The van der Waals surface area contributed by atoms with E-state index < -0.39 is 6.04 Å². The normalized spacial score (nSPS) is 16.6. The van der Waals surface area contributed by atoms with E-state index in [9.17, 15) is 4.79 Å². The van der Waals surface area contributed by atoms with Gasteiger partial charge in [-0.05, 0) is 19.1 Å². The molecule has 0 saturated heterocycles.